The van der Waals surface area contributed by atoms with Gasteiger partial charge in [0.1, 0.15) is 10.8 Å². The second-order valence-corrected chi connectivity index (χ2v) is 4.59. The number of thiazole rings is 1. The Hall–Kier alpha value is -1.82. The number of aryl methyl sites for hydroxylation is 1. The second-order valence-electron chi connectivity index (χ2n) is 3.61. The number of hydrogen-bond donors (Lipinski definition) is 0. The highest BCUT2D eigenvalue weighted by atomic mass is 32.1. The number of rotatable bonds is 3. The van der Waals surface area contributed by atoms with Gasteiger partial charge in [-0.2, -0.15) is 0 Å². The number of carbonyl (C=O) groups is 1. The summed E-state index contributed by atoms with van der Waals surface area (Å²) in [7, 11) is 1.74. The molecule has 1 amide bonds. The number of aromatic nitrogens is 3. The lowest BCUT2D eigenvalue weighted by Crippen LogP contribution is -2.26. The Balaban J connectivity index is 2.07. The molecule has 0 aromatic carbocycles. The van der Waals surface area contributed by atoms with Gasteiger partial charge in [0.05, 0.1) is 12.1 Å². The molecular weight excluding hydrogens is 236 g/mol. The Morgan fingerprint density at radius 1 is 1.35 bits per heavy atom. The monoisotopic (exact) mass is 248 g/mol. The van der Waals surface area contributed by atoms with Crippen molar-refractivity contribution in [2.45, 2.75) is 13.5 Å². The minimum Gasteiger partial charge on any atom is -0.335 e. The van der Waals surface area contributed by atoms with Crippen LogP contribution in [0, 0.1) is 6.92 Å². The number of amides is 1. The first-order valence-electron chi connectivity index (χ1n) is 5.09. The third-order valence-corrected chi connectivity index (χ3v) is 2.99. The fraction of sp³-hybridized carbons (Fsp3) is 0.273. The van der Waals surface area contributed by atoms with E-state index in [9.17, 15) is 4.79 Å². The number of hydrogen-bond acceptors (Lipinski definition) is 5. The molecule has 88 valence electrons. The predicted octanol–water partition coefficient (Wildman–Crippen LogP) is 1.51. The highest BCUT2D eigenvalue weighted by molar-refractivity contribution is 7.09. The lowest BCUT2D eigenvalue weighted by Gasteiger charge is -2.15. The van der Waals surface area contributed by atoms with E-state index >= 15 is 0 Å². The number of carbonyl (C=O) groups excluding carboxylic acids is 1. The van der Waals surface area contributed by atoms with Crippen molar-refractivity contribution < 1.29 is 4.79 Å². The maximum Gasteiger partial charge on any atom is 0.257 e. The molecule has 0 unspecified atom stereocenters. The van der Waals surface area contributed by atoms with Crippen LogP contribution >= 0.6 is 11.3 Å². The minimum absolute atomic E-state index is 0.0970. The van der Waals surface area contributed by atoms with Gasteiger partial charge in [-0.1, -0.05) is 0 Å². The predicted molar refractivity (Wildman–Crippen MR) is 64.7 cm³/mol. The standard InChI is InChI=1S/C11H12N4OS/c1-8-13-5-9(6-14-8)11(16)15(2)7-10-12-3-4-17-10/h3-6H,7H2,1-2H3. The molecule has 17 heavy (non-hydrogen) atoms. The largest absolute Gasteiger partial charge is 0.335 e. The zero-order valence-electron chi connectivity index (χ0n) is 9.62. The average Bonchev–Trinajstić information content (AvgIpc) is 2.82. The summed E-state index contributed by atoms with van der Waals surface area (Å²) in [5, 5.41) is 2.80. The van der Waals surface area contributed by atoms with Gasteiger partial charge in [-0.05, 0) is 6.92 Å². The first-order valence-corrected chi connectivity index (χ1v) is 5.97. The third-order valence-electron chi connectivity index (χ3n) is 2.23. The van der Waals surface area contributed by atoms with Crippen LogP contribution in [0.3, 0.4) is 0 Å². The molecule has 0 spiro atoms. The lowest BCUT2D eigenvalue weighted by atomic mass is 10.3. The van der Waals surface area contributed by atoms with Crippen LogP contribution < -0.4 is 0 Å². The number of nitrogens with zero attached hydrogens (tertiary/aromatic N) is 4. The molecule has 0 bridgehead atoms. The van der Waals surface area contributed by atoms with Crippen LogP contribution in [0.2, 0.25) is 0 Å². The van der Waals surface area contributed by atoms with Crippen molar-refractivity contribution in [3.63, 3.8) is 0 Å². The molecule has 5 nitrogen and oxygen atoms in total. The third kappa shape index (κ3) is 2.85. The molecule has 0 radical (unpaired) electrons. The van der Waals surface area contributed by atoms with Crippen LogP contribution in [0.4, 0.5) is 0 Å². The fourth-order valence-corrected chi connectivity index (χ4v) is 2.00. The van der Waals surface area contributed by atoms with Gasteiger partial charge >= 0.3 is 0 Å². The quantitative estimate of drug-likeness (QED) is 0.826. The molecule has 0 atom stereocenters. The van der Waals surface area contributed by atoms with Gasteiger partial charge in [0.15, 0.2) is 0 Å². The normalized spacial score (nSPS) is 10.2. The van der Waals surface area contributed by atoms with Crippen LogP contribution in [0.1, 0.15) is 21.2 Å². The van der Waals surface area contributed by atoms with Crippen LogP contribution in [-0.2, 0) is 6.54 Å². The van der Waals surface area contributed by atoms with Crippen molar-refractivity contribution in [1.82, 2.24) is 19.9 Å². The Morgan fingerprint density at radius 3 is 2.65 bits per heavy atom. The van der Waals surface area contributed by atoms with E-state index < -0.39 is 0 Å². The van der Waals surface area contributed by atoms with Crippen LogP contribution in [0.5, 0.6) is 0 Å². The van der Waals surface area contributed by atoms with E-state index in [-0.39, 0.29) is 5.91 Å². The van der Waals surface area contributed by atoms with Crippen molar-refractivity contribution in [2.24, 2.45) is 0 Å². The van der Waals surface area contributed by atoms with E-state index in [2.05, 4.69) is 15.0 Å². The van der Waals surface area contributed by atoms with Crippen LogP contribution in [0.25, 0.3) is 0 Å². The molecule has 2 rings (SSSR count). The maximum absolute atomic E-state index is 12.0. The van der Waals surface area contributed by atoms with E-state index in [1.165, 1.54) is 11.3 Å². The van der Waals surface area contributed by atoms with E-state index in [4.69, 9.17) is 0 Å². The molecule has 2 aromatic heterocycles. The van der Waals surface area contributed by atoms with Gasteiger partial charge in [-0.3, -0.25) is 4.79 Å². The molecule has 0 saturated heterocycles. The molecule has 2 aromatic rings. The summed E-state index contributed by atoms with van der Waals surface area (Å²) in [5.74, 6) is 0.560. The molecule has 0 aliphatic heterocycles. The molecule has 0 fully saturated rings. The minimum atomic E-state index is -0.0970. The van der Waals surface area contributed by atoms with Crippen molar-refractivity contribution in [3.05, 3.63) is 40.4 Å². The van der Waals surface area contributed by atoms with Gasteiger partial charge < -0.3 is 4.90 Å². The van der Waals surface area contributed by atoms with Gasteiger partial charge in [0.2, 0.25) is 0 Å². The summed E-state index contributed by atoms with van der Waals surface area (Å²) in [6, 6.07) is 0. The summed E-state index contributed by atoms with van der Waals surface area (Å²) in [6.07, 6.45) is 4.82. The Kier molecular flexibility index (Phi) is 3.43. The van der Waals surface area contributed by atoms with E-state index in [0.717, 1.165) is 5.01 Å². The summed E-state index contributed by atoms with van der Waals surface area (Å²) in [5.41, 5.74) is 0.495. The highest BCUT2D eigenvalue weighted by Gasteiger charge is 2.13. The molecule has 6 heteroatoms. The smallest absolute Gasteiger partial charge is 0.257 e. The zero-order chi connectivity index (χ0) is 12.3. The molecular formula is C11H12N4OS. The molecule has 0 saturated carbocycles. The maximum atomic E-state index is 12.0. The van der Waals surface area contributed by atoms with Gasteiger partial charge in [0, 0.05) is 31.0 Å². The summed E-state index contributed by atoms with van der Waals surface area (Å²) < 4.78 is 0. The summed E-state index contributed by atoms with van der Waals surface area (Å²) in [4.78, 5) is 25.8. The Labute approximate surface area is 103 Å². The first-order chi connectivity index (χ1) is 8.16. The Bertz CT molecular complexity index is 495. The van der Waals surface area contributed by atoms with Crippen LogP contribution in [0.15, 0.2) is 24.0 Å². The second kappa shape index (κ2) is 5.01. The van der Waals surface area contributed by atoms with Crippen molar-refractivity contribution in [3.8, 4) is 0 Å². The lowest BCUT2D eigenvalue weighted by molar-refractivity contribution is 0.0784. The highest BCUT2D eigenvalue weighted by Crippen LogP contribution is 2.09. The first kappa shape index (κ1) is 11.7. The average molecular weight is 248 g/mol. The van der Waals surface area contributed by atoms with Gasteiger partial charge in [-0.25, -0.2) is 15.0 Å². The molecule has 0 aliphatic carbocycles. The van der Waals surface area contributed by atoms with E-state index in [0.29, 0.717) is 17.9 Å². The summed E-state index contributed by atoms with van der Waals surface area (Å²) >= 11 is 1.53. The van der Waals surface area contributed by atoms with Gasteiger partial charge in [0.25, 0.3) is 5.91 Å². The zero-order valence-corrected chi connectivity index (χ0v) is 10.4. The van der Waals surface area contributed by atoms with Crippen molar-refractivity contribution >= 4 is 17.2 Å². The van der Waals surface area contributed by atoms with E-state index in [1.54, 1.807) is 37.5 Å². The van der Waals surface area contributed by atoms with Gasteiger partial charge in [-0.15, -0.1) is 11.3 Å². The van der Waals surface area contributed by atoms with Crippen LogP contribution in [-0.4, -0.2) is 32.8 Å². The Morgan fingerprint density at radius 2 is 2.06 bits per heavy atom. The summed E-state index contributed by atoms with van der Waals surface area (Å²) in [6.45, 7) is 2.29. The molecule has 0 aliphatic rings. The molecule has 2 heterocycles. The van der Waals surface area contributed by atoms with Crippen molar-refractivity contribution in [1.29, 1.82) is 0 Å². The SMILES string of the molecule is Cc1ncc(C(=O)N(C)Cc2nccs2)cn1. The van der Waals surface area contributed by atoms with E-state index in [1.807, 2.05) is 5.38 Å². The fourth-order valence-electron chi connectivity index (χ4n) is 1.33. The van der Waals surface area contributed by atoms with Crippen molar-refractivity contribution in [2.75, 3.05) is 7.05 Å². The topological polar surface area (TPSA) is 59.0 Å². The molecule has 0 N–H and O–H groups in total.